The Bertz CT molecular complexity index is 412. The average molecular weight is 562 g/mol. The number of hydrogen-bond donors (Lipinski definition) is 0. The molecule has 1 aromatic rings. The molecule has 0 atom stereocenters. The van der Waals surface area contributed by atoms with Gasteiger partial charge in [-0.2, -0.15) is 6.07 Å². The molecule has 0 fully saturated rings. The van der Waals surface area contributed by atoms with Crippen molar-refractivity contribution in [3.8, 4) is 11.5 Å². The maximum atomic E-state index is 6.22. The molecule has 0 saturated heterocycles. The van der Waals surface area contributed by atoms with Crippen LogP contribution in [0.5, 0.6) is 11.5 Å². The smallest absolute Gasteiger partial charge is 0.0889 e. The Hall–Kier alpha value is 0.0694. The molecule has 1 aromatic carbocycles. The summed E-state index contributed by atoms with van der Waals surface area (Å²) < 4.78 is 12.4. The first kappa shape index (κ1) is 27.3. The van der Waals surface area contributed by atoms with Crippen molar-refractivity contribution in [3.63, 3.8) is 0 Å². The van der Waals surface area contributed by atoms with Crippen LogP contribution in [0.3, 0.4) is 0 Å². The first-order valence-electron chi connectivity index (χ1n) is 8.67. The van der Waals surface area contributed by atoms with Crippen molar-refractivity contribution in [2.75, 3.05) is 0 Å². The number of benzene rings is 1. The third kappa shape index (κ3) is 10.1. The van der Waals surface area contributed by atoms with Gasteiger partial charge in [-0.05, 0) is 0 Å². The summed E-state index contributed by atoms with van der Waals surface area (Å²) in [6.07, 6.45) is 0. The van der Waals surface area contributed by atoms with Gasteiger partial charge in [-0.3, -0.25) is 0 Å². The van der Waals surface area contributed by atoms with Crippen LogP contribution in [0.4, 0.5) is 0 Å². The van der Waals surface area contributed by atoms with Gasteiger partial charge in [0.05, 0.1) is 16.3 Å². The van der Waals surface area contributed by atoms with Crippen LogP contribution in [-0.4, -0.2) is 22.6 Å². The first-order chi connectivity index (χ1) is 11.2. The Balaban J connectivity index is 0. The fraction of sp³-hybridized carbons (Fsp3) is 0.600. The molecule has 0 amide bonds. The van der Waals surface area contributed by atoms with Crippen LogP contribution in [0.15, 0.2) is 31.4 Å². The van der Waals surface area contributed by atoms with Crippen LogP contribution in [0.2, 0.25) is 0 Å². The summed E-state index contributed by atoms with van der Waals surface area (Å²) in [5, 5.41) is 0. The van der Waals surface area contributed by atoms with Gasteiger partial charge in [-0.25, -0.2) is 0 Å². The standard InChI is InChI=1S/C18H31O2P2.C2H4.Ir/c1-13(2)21(14(3)4)19-17-10-9-11-18(12-17)20-22(15(5)6)16(7)8;1-2;/h9-11,13-16H,1-8H3;1-2H2;/q-1;;. The topological polar surface area (TPSA) is 18.5 Å². The van der Waals surface area contributed by atoms with E-state index in [1.54, 1.807) is 0 Å². The van der Waals surface area contributed by atoms with Crippen molar-refractivity contribution in [2.24, 2.45) is 0 Å². The van der Waals surface area contributed by atoms with E-state index in [1.807, 2.05) is 18.2 Å². The predicted octanol–water partition coefficient (Wildman–Crippen LogP) is 7.47. The zero-order valence-corrected chi connectivity index (χ0v) is 21.2. The van der Waals surface area contributed by atoms with Crippen LogP contribution in [0.25, 0.3) is 0 Å². The zero-order valence-electron chi connectivity index (χ0n) is 17.0. The Morgan fingerprint density at radius 3 is 1.24 bits per heavy atom. The van der Waals surface area contributed by atoms with Crippen molar-refractivity contribution in [2.45, 2.75) is 78.0 Å². The molecule has 0 spiro atoms. The minimum atomic E-state index is -0.494. The second-order valence-electron chi connectivity index (χ2n) is 6.66. The van der Waals surface area contributed by atoms with Gasteiger partial charge < -0.3 is 9.05 Å². The van der Waals surface area contributed by atoms with Crippen molar-refractivity contribution >= 4 is 16.3 Å². The fourth-order valence-electron chi connectivity index (χ4n) is 2.38. The molecule has 0 bridgehead atoms. The number of rotatable bonds is 8. The predicted molar refractivity (Wildman–Crippen MR) is 112 cm³/mol. The maximum absolute atomic E-state index is 6.22. The molecule has 25 heavy (non-hydrogen) atoms. The molecule has 0 aliphatic heterocycles. The van der Waals surface area contributed by atoms with Crippen molar-refractivity contribution in [1.29, 1.82) is 0 Å². The van der Waals surface area contributed by atoms with Crippen molar-refractivity contribution in [1.82, 2.24) is 0 Å². The minimum absolute atomic E-state index is 0. The summed E-state index contributed by atoms with van der Waals surface area (Å²) in [6.45, 7) is 23.8. The van der Waals surface area contributed by atoms with E-state index < -0.39 is 16.3 Å². The second kappa shape index (κ2) is 14.2. The van der Waals surface area contributed by atoms with Crippen molar-refractivity contribution < 1.29 is 29.2 Å². The molecule has 0 aliphatic rings. The fourth-order valence-corrected chi connectivity index (χ4v) is 6.27. The molecular formula is C20H35IrO2P2-. The molecule has 2 nitrogen and oxygen atoms in total. The third-order valence-corrected chi connectivity index (χ3v) is 8.07. The molecule has 1 rings (SSSR count). The second-order valence-corrected chi connectivity index (χ2v) is 12.6. The van der Waals surface area contributed by atoms with E-state index in [4.69, 9.17) is 9.05 Å². The molecule has 0 aromatic heterocycles. The Morgan fingerprint density at radius 2 is 1.00 bits per heavy atom. The van der Waals surface area contributed by atoms with Gasteiger partial charge >= 0.3 is 0 Å². The van der Waals surface area contributed by atoms with Crippen LogP contribution >= 0.6 is 16.3 Å². The van der Waals surface area contributed by atoms with Gasteiger partial charge in [-0.15, -0.1) is 25.3 Å². The van der Waals surface area contributed by atoms with Crippen LogP contribution in [-0.2, 0) is 20.1 Å². The van der Waals surface area contributed by atoms with Gasteiger partial charge in [0, 0.05) is 54.2 Å². The summed E-state index contributed by atoms with van der Waals surface area (Å²) >= 11 is 0. The summed E-state index contributed by atoms with van der Waals surface area (Å²) in [5.41, 5.74) is 2.15. The summed E-state index contributed by atoms with van der Waals surface area (Å²) in [7, 11) is -0.988. The quantitative estimate of drug-likeness (QED) is 0.186. The largest absolute Gasteiger partial charge is 0.499 e. The summed E-state index contributed by atoms with van der Waals surface area (Å²) in [6, 6.07) is 9.29. The van der Waals surface area contributed by atoms with E-state index in [0.29, 0.717) is 22.6 Å². The molecule has 0 heterocycles. The van der Waals surface area contributed by atoms with Gasteiger partial charge in [0.1, 0.15) is 0 Å². The molecule has 0 unspecified atom stereocenters. The third-order valence-electron chi connectivity index (χ3n) is 3.18. The van der Waals surface area contributed by atoms with Gasteiger partial charge in [-0.1, -0.05) is 61.5 Å². The SMILES string of the molecule is C=C.CC(C)P(Oc1[c-]c(OP(C(C)C)C(C)C)ccc1)C(C)C.[Ir]. The molecule has 147 valence electrons. The molecule has 5 heteroatoms. The summed E-state index contributed by atoms with van der Waals surface area (Å²) in [5.74, 6) is 1.63. The first-order valence-corrected chi connectivity index (χ1v) is 11.5. The van der Waals surface area contributed by atoms with Gasteiger partial charge in [0.25, 0.3) is 0 Å². The molecular weight excluding hydrogens is 526 g/mol. The van der Waals surface area contributed by atoms with Gasteiger partial charge in [0.2, 0.25) is 0 Å². The molecule has 1 radical (unpaired) electrons. The van der Waals surface area contributed by atoms with Gasteiger partial charge in [0.15, 0.2) is 0 Å². The number of hydrogen-bond acceptors (Lipinski definition) is 2. The summed E-state index contributed by atoms with van der Waals surface area (Å²) in [4.78, 5) is 0. The molecule has 0 saturated carbocycles. The monoisotopic (exact) mass is 562 g/mol. The minimum Gasteiger partial charge on any atom is -0.499 e. The Kier molecular flexibility index (Phi) is 15.5. The average Bonchev–Trinajstić information content (AvgIpc) is 2.51. The normalized spacial score (nSPS) is 11.0. The molecule has 0 N–H and O–H groups in total. The molecule has 0 aliphatic carbocycles. The van der Waals surface area contributed by atoms with E-state index >= 15 is 0 Å². The Labute approximate surface area is 172 Å². The maximum Gasteiger partial charge on any atom is 0.0889 e. The Morgan fingerprint density at radius 1 is 0.720 bits per heavy atom. The van der Waals surface area contributed by atoms with Crippen LogP contribution in [0.1, 0.15) is 55.4 Å². The van der Waals surface area contributed by atoms with E-state index in [0.717, 1.165) is 11.5 Å². The zero-order chi connectivity index (χ0) is 18.9. The van der Waals surface area contributed by atoms with Crippen LogP contribution in [0, 0.1) is 6.07 Å². The van der Waals surface area contributed by atoms with E-state index in [2.05, 4.69) is 74.6 Å². The van der Waals surface area contributed by atoms with Crippen LogP contribution < -0.4 is 9.05 Å². The van der Waals surface area contributed by atoms with E-state index in [1.165, 1.54) is 0 Å². The van der Waals surface area contributed by atoms with E-state index in [9.17, 15) is 0 Å². The van der Waals surface area contributed by atoms with E-state index in [-0.39, 0.29) is 20.1 Å². The van der Waals surface area contributed by atoms with Crippen molar-refractivity contribution in [3.05, 3.63) is 37.4 Å².